The Bertz CT molecular complexity index is 505. The number of nitrogens with zero attached hydrogens (tertiary/aromatic N) is 1. The Hall–Kier alpha value is -1.59. The Labute approximate surface area is 115 Å². The first-order valence-corrected chi connectivity index (χ1v) is 6.23. The Kier molecular flexibility index (Phi) is 4.07. The highest BCUT2D eigenvalue weighted by molar-refractivity contribution is 6.33. The highest BCUT2D eigenvalue weighted by Crippen LogP contribution is 2.25. The van der Waals surface area contributed by atoms with Crippen LogP contribution in [0.2, 0.25) is 5.02 Å². The van der Waals surface area contributed by atoms with E-state index < -0.39 is 12.0 Å². The van der Waals surface area contributed by atoms with Crippen LogP contribution in [0, 0.1) is 0 Å². The lowest BCUT2D eigenvalue weighted by Crippen LogP contribution is -2.40. The molecule has 1 aromatic carbocycles. The van der Waals surface area contributed by atoms with Crippen molar-refractivity contribution < 1.29 is 19.4 Å². The number of hydrogen-bond acceptors (Lipinski definition) is 3. The maximum absolute atomic E-state index is 12.4. The number of hydrogen-bond donors (Lipinski definition) is 1. The van der Waals surface area contributed by atoms with E-state index in [-0.39, 0.29) is 18.6 Å². The van der Waals surface area contributed by atoms with Gasteiger partial charge in [-0.25, -0.2) is 4.79 Å². The summed E-state index contributed by atoms with van der Waals surface area (Å²) in [5.41, 5.74) is 0.312. The Morgan fingerprint density at radius 2 is 2.11 bits per heavy atom. The average Bonchev–Trinajstić information content (AvgIpc) is 2.83. The van der Waals surface area contributed by atoms with Crippen molar-refractivity contribution in [3.05, 3.63) is 34.9 Å². The molecule has 0 aromatic heterocycles. The molecule has 2 atom stereocenters. The third-order valence-corrected chi connectivity index (χ3v) is 3.58. The molecule has 0 bridgehead atoms. The maximum Gasteiger partial charge on any atom is 0.326 e. The van der Waals surface area contributed by atoms with Crippen LogP contribution in [0.15, 0.2) is 24.3 Å². The van der Waals surface area contributed by atoms with Gasteiger partial charge < -0.3 is 14.7 Å². The molecular formula is C13H14ClNO4. The molecule has 1 amide bonds. The van der Waals surface area contributed by atoms with Gasteiger partial charge in [-0.1, -0.05) is 23.7 Å². The summed E-state index contributed by atoms with van der Waals surface area (Å²) in [6.07, 6.45) is 0.0368. The van der Waals surface area contributed by atoms with Gasteiger partial charge in [-0.05, 0) is 12.1 Å². The van der Waals surface area contributed by atoms with Crippen molar-refractivity contribution in [3.8, 4) is 0 Å². The molecule has 1 saturated heterocycles. The van der Waals surface area contributed by atoms with Crippen LogP contribution in [0.3, 0.4) is 0 Å². The van der Waals surface area contributed by atoms with E-state index in [2.05, 4.69) is 0 Å². The number of likely N-dealkylation sites (tertiary alicyclic amines) is 1. The van der Waals surface area contributed by atoms with Crippen LogP contribution < -0.4 is 0 Å². The molecule has 5 nitrogen and oxygen atoms in total. The predicted molar refractivity (Wildman–Crippen MR) is 69.3 cm³/mol. The molecule has 2 rings (SSSR count). The molecule has 1 fully saturated rings. The fourth-order valence-electron chi connectivity index (χ4n) is 2.22. The molecule has 19 heavy (non-hydrogen) atoms. The lowest BCUT2D eigenvalue weighted by atomic mass is 10.1. The third kappa shape index (κ3) is 2.72. The second-order valence-electron chi connectivity index (χ2n) is 4.38. The van der Waals surface area contributed by atoms with Crippen LogP contribution in [0.4, 0.5) is 0 Å². The summed E-state index contributed by atoms with van der Waals surface area (Å²) in [7, 11) is 1.51. The van der Waals surface area contributed by atoms with Crippen LogP contribution in [0.5, 0.6) is 0 Å². The van der Waals surface area contributed by atoms with Crippen molar-refractivity contribution in [1.82, 2.24) is 4.90 Å². The van der Waals surface area contributed by atoms with Gasteiger partial charge in [0.1, 0.15) is 6.04 Å². The van der Waals surface area contributed by atoms with Crippen LogP contribution in [-0.4, -0.2) is 47.7 Å². The molecule has 0 spiro atoms. The standard InChI is InChI=1S/C13H14ClNO4/c1-19-8-6-11(13(17)18)15(7-8)12(16)9-4-2-3-5-10(9)14/h2-5,8,11H,6-7H2,1H3,(H,17,18). The van der Waals surface area contributed by atoms with Gasteiger partial charge in [0.25, 0.3) is 5.91 Å². The molecule has 1 N–H and O–H groups in total. The minimum Gasteiger partial charge on any atom is -0.480 e. The Morgan fingerprint density at radius 3 is 2.68 bits per heavy atom. The van der Waals surface area contributed by atoms with E-state index in [1.807, 2.05) is 0 Å². The van der Waals surface area contributed by atoms with Gasteiger partial charge in [0, 0.05) is 20.1 Å². The highest BCUT2D eigenvalue weighted by atomic mass is 35.5. The molecule has 1 aromatic rings. The molecule has 1 aliphatic rings. The molecule has 102 valence electrons. The smallest absolute Gasteiger partial charge is 0.326 e. The lowest BCUT2D eigenvalue weighted by molar-refractivity contribution is -0.141. The van der Waals surface area contributed by atoms with E-state index in [0.29, 0.717) is 17.0 Å². The van der Waals surface area contributed by atoms with Crippen LogP contribution in [0.25, 0.3) is 0 Å². The number of methoxy groups -OCH3 is 1. The number of amides is 1. The van der Waals surface area contributed by atoms with Crippen molar-refractivity contribution in [2.24, 2.45) is 0 Å². The van der Waals surface area contributed by atoms with Gasteiger partial charge in [-0.2, -0.15) is 0 Å². The third-order valence-electron chi connectivity index (χ3n) is 3.25. The van der Waals surface area contributed by atoms with Crippen molar-refractivity contribution in [2.75, 3.05) is 13.7 Å². The number of ether oxygens (including phenoxy) is 1. The van der Waals surface area contributed by atoms with E-state index in [9.17, 15) is 14.7 Å². The average molecular weight is 284 g/mol. The number of rotatable bonds is 3. The topological polar surface area (TPSA) is 66.8 Å². The van der Waals surface area contributed by atoms with E-state index in [0.717, 1.165) is 0 Å². The van der Waals surface area contributed by atoms with E-state index in [1.54, 1.807) is 24.3 Å². The van der Waals surface area contributed by atoms with E-state index in [4.69, 9.17) is 16.3 Å². The first kappa shape index (κ1) is 13.8. The summed E-state index contributed by atoms with van der Waals surface area (Å²) in [6, 6.07) is 5.74. The first-order valence-electron chi connectivity index (χ1n) is 5.85. The fraction of sp³-hybridized carbons (Fsp3) is 0.385. The number of carbonyl (C=O) groups excluding carboxylic acids is 1. The van der Waals surface area contributed by atoms with Gasteiger partial charge in [-0.15, -0.1) is 0 Å². The number of carbonyl (C=O) groups is 2. The quantitative estimate of drug-likeness (QED) is 0.916. The number of benzene rings is 1. The fourth-order valence-corrected chi connectivity index (χ4v) is 2.43. The van der Waals surface area contributed by atoms with Gasteiger partial charge in [0.05, 0.1) is 16.7 Å². The molecule has 1 aliphatic heterocycles. The number of aliphatic carboxylic acids is 1. The summed E-state index contributed by atoms with van der Waals surface area (Å²) in [5.74, 6) is -1.41. The monoisotopic (exact) mass is 283 g/mol. The zero-order chi connectivity index (χ0) is 14.0. The molecule has 0 aliphatic carbocycles. The van der Waals surface area contributed by atoms with Crippen LogP contribution >= 0.6 is 11.6 Å². The number of carboxylic acid groups (broad SMARTS) is 1. The Balaban J connectivity index is 2.27. The molecule has 2 unspecified atom stereocenters. The molecule has 6 heteroatoms. The summed E-state index contributed by atoms with van der Waals surface area (Å²) < 4.78 is 5.15. The molecule has 0 radical (unpaired) electrons. The summed E-state index contributed by atoms with van der Waals surface area (Å²) in [4.78, 5) is 24.9. The first-order chi connectivity index (χ1) is 9.04. The minimum atomic E-state index is -1.03. The normalized spacial score (nSPS) is 22.5. The van der Waals surface area contributed by atoms with Crippen molar-refractivity contribution in [3.63, 3.8) is 0 Å². The molecule has 0 saturated carbocycles. The van der Waals surface area contributed by atoms with Crippen molar-refractivity contribution >= 4 is 23.5 Å². The van der Waals surface area contributed by atoms with Crippen molar-refractivity contribution in [2.45, 2.75) is 18.6 Å². The minimum absolute atomic E-state index is 0.257. The zero-order valence-electron chi connectivity index (χ0n) is 10.4. The summed E-state index contributed by atoms with van der Waals surface area (Å²) in [5, 5.41) is 9.50. The van der Waals surface area contributed by atoms with Crippen molar-refractivity contribution in [1.29, 1.82) is 0 Å². The van der Waals surface area contributed by atoms with Gasteiger partial charge in [0.2, 0.25) is 0 Å². The maximum atomic E-state index is 12.4. The van der Waals surface area contributed by atoms with Gasteiger partial charge >= 0.3 is 5.97 Å². The zero-order valence-corrected chi connectivity index (χ0v) is 11.1. The SMILES string of the molecule is COC1CC(C(=O)O)N(C(=O)c2ccccc2Cl)C1. The molecule has 1 heterocycles. The van der Waals surface area contributed by atoms with Crippen LogP contribution in [-0.2, 0) is 9.53 Å². The predicted octanol–water partition coefficient (Wildman–Crippen LogP) is 1.65. The second-order valence-corrected chi connectivity index (χ2v) is 4.79. The largest absolute Gasteiger partial charge is 0.480 e. The van der Waals surface area contributed by atoms with E-state index >= 15 is 0 Å². The van der Waals surface area contributed by atoms with Gasteiger partial charge in [0.15, 0.2) is 0 Å². The molecular weight excluding hydrogens is 270 g/mol. The second kappa shape index (κ2) is 5.59. The van der Waals surface area contributed by atoms with Gasteiger partial charge in [-0.3, -0.25) is 4.79 Å². The summed E-state index contributed by atoms with van der Waals surface area (Å²) >= 11 is 5.97. The number of carboxylic acids is 1. The number of halogens is 1. The lowest BCUT2D eigenvalue weighted by Gasteiger charge is -2.21. The summed E-state index contributed by atoms with van der Waals surface area (Å²) in [6.45, 7) is 0.261. The Morgan fingerprint density at radius 1 is 1.42 bits per heavy atom. The van der Waals surface area contributed by atoms with E-state index in [1.165, 1.54) is 12.0 Å². The highest BCUT2D eigenvalue weighted by Gasteiger charge is 2.40. The van der Waals surface area contributed by atoms with Crippen LogP contribution in [0.1, 0.15) is 16.8 Å².